The van der Waals surface area contributed by atoms with Crippen LogP contribution in [0.2, 0.25) is 0 Å². The number of hydrogen-bond donors (Lipinski definition) is 1. The van der Waals surface area contributed by atoms with Crippen LogP contribution >= 0.6 is 11.8 Å². The van der Waals surface area contributed by atoms with E-state index in [4.69, 9.17) is 9.52 Å². The lowest BCUT2D eigenvalue weighted by Gasteiger charge is -2.03. The molecule has 1 atom stereocenters. The molecule has 0 spiro atoms. The van der Waals surface area contributed by atoms with Crippen LogP contribution < -0.4 is 0 Å². The molecule has 90 valence electrons. The van der Waals surface area contributed by atoms with Gasteiger partial charge in [0.25, 0.3) is 0 Å². The highest BCUT2D eigenvalue weighted by molar-refractivity contribution is 7.98. The second-order valence-corrected chi connectivity index (χ2v) is 4.86. The Kier molecular flexibility index (Phi) is 3.68. The fourth-order valence-electron chi connectivity index (χ4n) is 1.38. The number of carbonyl (C=O) groups is 1. The fraction of sp³-hybridized carbons (Fsp3) is 0.333. The van der Waals surface area contributed by atoms with Crippen LogP contribution in [0, 0.1) is 5.92 Å². The predicted octanol–water partition coefficient (Wildman–Crippen LogP) is 2.78. The van der Waals surface area contributed by atoms with E-state index in [1.54, 1.807) is 6.92 Å². The van der Waals surface area contributed by atoms with Gasteiger partial charge >= 0.3 is 5.97 Å². The first kappa shape index (κ1) is 12.0. The summed E-state index contributed by atoms with van der Waals surface area (Å²) in [6.45, 7) is 1.70. The first-order valence-corrected chi connectivity index (χ1v) is 6.47. The molecule has 2 rings (SSSR count). The van der Waals surface area contributed by atoms with E-state index in [1.807, 2.05) is 24.3 Å². The maximum Gasteiger partial charge on any atom is 0.307 e. The standard InChI is InChI=1S/C12H13NO3S/c1-8(12(14)15)6-17-7-11-13-9-4-2-3-5-10(9)16-11/h2-5,8H,6-7H2,1H3,(H,14,15). The van der Waals surface area contributed by atoms with Crippen LogP contribution in [0.3, 0.4) is 0 Å². The number of benzene rings is 1. The van der Waals surface area contributed by atoms with Gasteiger partial charge < -0.3 is 9.52 Å². The van der Waals surface area contributed by atoms with Gasteiger partial charge in [0.05, 0.1) is 11.7 Å². The third-order valence-corrected chi connectivity index (χ3v) is 3.54. The summed E-state index contributed by atoms with van der Waals surface area (Å²) in [5.41, 5.74) is 1.61. The molecule has 1 aromatic heterocycles. The molecule has 0 fully saturated rings. The molecule has 5 heteroatoms. The highest BCUT2D eigenvalue weighted by Gasteiger charge is 2.11. The van der Waals surface area contributed by atoms with Crippen molar-refractivity contribution in [2.45, 2.75) is 12.7 Å². The molecule has 0 saturated heterocycles. The van der Waals surface area contributed by atoms with Gasteiger partial charge in [-0.05, 0) is 12.1 Å². The van der Waals surface area contributed by atoms with Gasteiger partial charge in [0.1, 0.15) is 5.52 Å². The normalized spacial score (nSPS) is 12.8. The maximum absolute atomic E-state index is 10.6. The van der Waals surface area contributed by atoms with Crippen molar-refractivity contribution >= 4 is 28.8 Å². The van der Waals surface area contributed by atoms with Crippen LogP contribution in [0.25, 0.3) is 11.1 Å². The molecule has 1 heterocycles. The van der Waals surface area contributed by atoms with Gasteiger partial charge in [0, 0.05) is 5.75 Å². The van der Waals surface area contributed by atoms with E-state index in [9.17, 15) is 4.79 Å². The Morgan fingerprint density at radius 2 is 2.29 bits per heavy atom. The van der Waals surface area contributed by atoms with E-state index >= 15 is 0 Å². The minimum atomic E-state index is -0.768. The van der Waals surface area contributed by atoms with Crippen molar-refractivity contribution < 1.29 is 14.3 Å². The van der Waals surface area contributed by atoms with E-state index in [-0.39, 0.29) is 5.92 Å². The Labute approximate surface area is 103 Å². The molecule has 4 nitrogen and oxygen atoms in total. The highest BCUT2D eigenvalue weighted by atomic mass is 32.2. The monoisotopic (exact) mass is 251 g/mol. The van der Waals surface area contributed by atoms with Gasteiger partial charge in [0.15, 0.2) is 5.58 Å². The Morgan fingerprint density at radius 3 is 3.00 bits per heavy atom. The number of thioether (sulfide) groups is 1. The number of para-hydroxylation sites is 2. The molecule has 0 aliphatic carbocycles. The van der Waals surface area contributed by atoms with Gasteiger partial charge in [0.2, 0.25) is 5.89 Å². The lowest BCUT2D eigenvalue weighted by atomic mass is 10.2. The van der Waals surface area contributed by atoms with Crippen LogP contribution in [0.15, 0.2) is 28.7 Å². The number of carboxylic acids is 1. The molecular formula is C12H13NO3S. The summed E-state index contributed by atoms with van der Waals surface area (Å²) in [7, 11) is 0. The summed E-state index contributed by atoms with van der Waals surface area (Å²) in [6.07, 6.45) is 0. The van der Waals surface area contributed by atoms with Gasteiger partial charge in [-0.3, -0.25) is 4.79 Å². The van der Waals surface area contributed by atoms with Crippen LogP contribution in [0.5, 0.6) is 0 Å². The lowest BCUT2D eigenvalue weighted by molar-refractivity contribution is -0.140. The molecule has 0 saturated carbocycles. The van der Waals surface area contributed by atoms with Crippen molar-refractivity contribution in [3.05, 3.63) is 30.2 Å². The smallest absolute Gasteiger partial charge is 0.307 e. The molecule has 17 heavy (non-hydrogen) atoms. The van der Waals surface area contributed by atoms with E-state index in [1.165, 1.54) is 11.8 Å². The first-order valence-electron chi connectivity index (χ1n) is 5.32. The Morgan fingerprint density at radius 1 is 1.53 bits per heavy atom. The van der Waals surface area contributed by atoms with E-state index < -0.39 is 5.97 Å². The van der Waals surface area contributed by atoms with Crippen LogP contribution in [-0.4, -0.2) is 21.8 Å². The number of rotatable bonds is 5. The summed E-state index contributed by atoms with van der Waals surface area (Å²) in [5.74, 6) is 0.702. The fourth-order valence-corrected chi connectivity index (χ4v) is 2.29. The Bertz CT molecular complexity index is 490. The van der Waals surface area contributed by atoms with Gasteiger partial charge in [-0.2, -0.15) is 11.8 Å². The Hall–Kier alpha value is -1.49. The first-order chi connectivity index (χ1) is 8.16. The van der Waals surface area contributed by atoms with E-state index in [2.05, 4.69) is 4.98 Å². The predicted molar refractivity (Wildman–Crippen MR) is 67.0 cm³/mol. The molecule has 1 unspecified atom stereocenters. The van der Waals surface area contributed by atoms with Crippen LogP contribution in [0.1, 0.15) is 12.8 Å². The summed E-state index contributed by atoms with van der Waals surface area (Å²) in [4.78, 5) is 14.9. The number of hydrogen-bond acceptors (Lipinski definition) is 4. The topological polar surface area (TPSA) is 63.3 Å². The van der Waals surface area contributed by atoms with Gasteiger partial charge in [-0.25, -0.2) is 4.98 Å². The second-order valence-electron chi connectivity index (χ2n) is 3.83. The number of nitrogens with zero attached hydrogens (tertiary/aromatic N) is 1. The number of aliphatic carboxylic acids is 1. The highest BCUT2D eigenvalue weighted by Crippen LogP contribution is 2.20. The molecule has 0 bridgehead atoms. The van der Waals surface area contributed by atoms with Crippen molar-refractivity contribution in [3.63, 3.8) is 0 Å². The third-order valence-electron chi connectivity index (χ3n) is 2.35. The zero-order valence-electron chi connectivity index (χ0n) is 9.42. The molecular weight excluding hydrogens is 238 g/mol. The molecule has 0 aliphatic heterocycles. The van der Waals surface area contributed by atoms with Crippen LogP contribution in [0.4, 0.5) is 0 Å². The number of aromatic nitrogens is 1. The van der Waals surface area contributed by atoms with Gasteiger partial charge in [-0.15, -0.1) is 0 Å². The summed E-state index contributed by atoms with van der Waals surface area (Å²) >= 11 is 1.52. The third kappa shape index (κ3) is 3.00. The van der Waals surface area contributed by atoms with Gasteiger partial charge in [-0.1, -0.05) is 19.1 Å². The number of carboxylic acid groups (broad SMARTS) is 1. The minimum absolute atomic E-state index is 0.343. The molecule has 0 radical (unpaired) electrons. The average molecular weight is 251 g/mol. The van der Waals surface area contributed by atoms with Crippen molar-refractivity contribution in [1.29, 1.82) is 0 Å². The number of fused-ring (bicyclic) bond motifs is 1. The largest absolute Gasteiger partial charge is 0.481 e. The molecule has 1 N–H and O–H groups in total. The van der Waals surface area contributed by atoms with Crippen molar-refractivity contribution in [2.75, 3.05) is 5.75 Å². The number of oxazole rings is 1. The van der Waals surface area contributed by atoms with Crippen molar-refractivity contribution in [2.24, 2.45) is 5.92 Å². The summed E-state index contributed by atoms with van der Waals surface area (Å²) in [5, 5.41) is 8.74. The SMILES string of the molecule is CC(CSCc1nc2ccccc2o1)C(=O)O. The molecule has 1 aromatic carbocycles. The quantitative estimate of drug-likeness (QED) is 0.885. The van der Waals surface area contributed by atoms with Crippen molar-refractivity contribution in [3.8, 4) is 0 Å². The zero-order chi connectivity index (χ0) is 12.3. The molecule has 0 amide bonds. The second kappa shape index (κ2) is 5.23. The lowest BCUT2D eigenvalue weighted by Crippen LogP contribution is -2.11. The van der Waals surface area contributed by atoms with E-state index in [0.717, 1.165) is 11.1 Å². The molecule has 0 aliphatic rings. The summed E-state index contributed by atoms with van der Waals surface area (Å²) in [6, 6.07) is 7.58. The summed E-state index contributed by atoms with van der Waals surface area (Å²) < 4.78 is 5.53. The van der Waals surface area contributed by atoms with Crippen molar-refractivity contribution in [1.82, 2.24) is 4.98 Å². The van der Waals surface area contributed by atoms with E-state index in [0.29, 0.717) is 17.4 Å². The van der Waals surface area contributed by atoms with Crippen LogP contribution in [-0.2, 0) is 10.5 Å². The zero-order valence-corrected chi connectivity index (χ0v) is 10.2. The molecule has 2 aromatic rings. The average Bonchev–Trinajstić information content (AvgIpc) is 2.71. The maximum atomic E-state index is 10.6. The minimum Gasteiger partial charge on any atom is -0.481 e. The Balaban J connectivity index is 1.93.